The van der Waals surface area contributed by atoms with E-state index >= 15 is 0 Å². The first-order chi connectivity index (χ1) is 15.2. The van der Waals surface area contributed by atoms with Gasteiger partial charge in [-0.05, 0) is 18.2 Å². The number of amides is 1. The lowest BCUT2D eigenvalue weighted by molar-refractivity contribution is 0.102. The Hall–Kier alpha value is -4.05. The van der Waals surface area contributed by atoms with Crippen molar-refractivity contribution in [2.24, 2.45) is 0 Å². The van der Waals surface area contributed by atoms with Gasteiger partial charge in [-0.25, -0.2) is 19.9 Å². The summed E-state index contributed by atoms with van der Waals surface area (Å²) in [5.41, 5.74) is 2.79. The molecule has 10 heteroatoms. The van der Waals surface area contributed by atoms with E-state index in [0.29, 0.717) is 52.8 Å². The number of aromatic nitrogens is 5. The van der Waals surface area contributed by atoms with E-state index in [1.807, 2.05) is 12.1 Å². The van der Waals surface area contributed by atoms with Gasteiger partial charge in [-0.1, -0.05) is 0 Å². The average Bonchev–Trinajstić information content (AvgIpc) is 3.24. The molecule has 158 valence electrons. The number of ether oxygens (including phenoxy) is 3. The van der Waals surface area contributed by atoms with Crippen molar-refractivity contribution in [2.75, 3.05) is 32.8 Å². The van der Waals surface area contributed by atoms with Crippen molar-refractivity contribution in [2.45, 2.75) is 0 Å². The number of nitrogens with one attached hydrogen (secondary N) is 2. The van der Waals surface area contributed by atoms with E-state index in [1.54, 1.807) is 38.7 Å². The molecule has 0 radical (unpaired) electrons. The zero-order chi connectivity index (χ0) is 21.6. The summed E-state index contributed by atoms with van der Waals surface area (Å²) < 4.78 is 16.3. The molecule has 0 atom stereocenters. The van der Waals surface area contributed by atoms with Crippen molar-refractivity contribution in [3.05, 3.63) is 54.9 Å². The number of H-pyrrole nitrogens is 1. The van der Waals surface area contributed by atoms with Gasteiger partial charge in [0.2, 0.25) is 0 Å². The molecule has 4 rings (SSSR count). The van der Waals surface area contributed by atoms with Crippen LogP contribution in [-0.4, -0.2) is 58.3 Å². The third-order valence-corrected chi connectivity index (χ3v) is 4.52. The highest BCUT2D eigenvalue weighted by Gasteiger charge is 2.19. The Morgan fingerprint density at radius 1 is 1.10 bits per heavy atom. The number of methoxy groups -OCH3 is 2. The molecular weight excluding hydrogens is 400 g/mol. The molecule has 0 bridgehead atoms. The van der Waals surface area contributed by atoms with Gasteiger partial charge in [0.1, 0.15) is 47.8 Å². The molecular formula is C21H20N6O4. The molecule has 0 fully saturated rings. The predicted octanol–water partition coefficient (Wildman–Crippen LogP) is 2.70. The smallest absolute Gasteiger partial charge is 0.260 e. The van der Waals surface area contributed by atoms with E-state index in [-0.39, 0.29) is 5.91 Å². The lowest BCUT2D eigenvalue weighted by atomic mass is 10.1. The van der Waals surface area contributed by atoms with E-state index < -0.39 is 0 Å². The first-order valence-corrected chi connectivity index (χ1v) is 9.41. The van der Waals surface area contributed by atoms with Gasteiger partial charge in [0.25, 0.3) is 5.91 Å². The van der Waals surface area contributed by atoms with E-state index in [2.05, 4.69) is 30.2 Å². The molecule has 4 aromatic rings. The van der Waals surface area contributed by atoms with Crippen LogP contribution in [0.5, 0.6) is 11.5 Å². The first kappa shape index (κ1) is 20.2. The summed E-state index contributed by atoms with van der Waals surface area (Å²) in [5, 5.41) is 2.73. The zero-order valence-corrected chi connectivity index (χ0v) is 17.0. The standard InChI is InChI=1S/C21H20N6O4/c1-29-7-8-31-16-9-13(30-2)3-4-14(16)18-20-19(26-12-25-18)15(10-23-20)21(28)27-17-5-6-22-11-24-17/h3-6,9-12,23H,7-8H2,1-2H3,(H,22,24,27,28). The molecule has 1 amide bonds. The van der Waals surface area contributed by atoms with E-state index in [9.17, 15) is 4.79 Å². The fourth-order valence-corrected chi connectivity index (χ4v) is 3.04. The summed E-state index contributed by atoms with van der Waals surface area (Å²) in [5.74, 6) is 1.28. The summed E-state index contributed by atoms with van der Waals surface area (Å²) in [7, 11) is 3.20. The molecule has 0 aliphatic heterocycles. The summed E-state index contributed by atoms with van der Waals surface area (Å²) in [6.07, 6.45) is 5.91. The Balaban J connectivity index is 1.72. The molecule has 0 saturated carbocycles. The van der Waals surface area contributed by atoms with Gasteiger partial charge in [0.15, 0.2) is 0 Å². The number of rotatable bonds is 8. The number of benzene rings is 1. The maximum absolute atomic E-state index is 12.8. The Morgan fingerprint density at radius 2 is 2.00 bits per heavy atom. The lowest BCUT2D eigenvalue weighted by Crippen LogP contribution is -2.12. The van der Waals surface area contributed by atoms with Gasteiger partial charge in [-0.15, -0.1) is 0 Å². The molecule has 0 aliphatic rings. The molecule has 3 heterocycles. The Kier molecular flexibility index (Phi) is 5.99. The third-order valence-electron chi connectivity index (χ3n) is 4.52. The number of aromatic amines is 1. The number of anilines is 1. The highest BCUT2D eigenvalue weighted by atomic mass is 16.5. The second kappa shape index (κ2) is 9.18. The maximum Gasteiger partial charge on any atom is 0.260 e. The van der Waals surface area contributed by atoms with Crippen molar-refractivity contribution in [1.82, 2.24) is 24.9 Å². The van der Waals surface area contributed by atoms with Crippen LogP contribution in [0.25, 0.3) is 22.3 Å². The van der Waals surface area contributed by atoms with Crippen LogP contribution in [0, 0.1) is 0 Å². The van der Waals surface area contributed by atoms with Gasteiger partial charge < -0.3 is 24.5 Å². The van der Waals surface area contributed by atoms with Gasteiger partial charge in [0.05, 0.1) is 24.8 Å². The largest absolute Gasteiger partial charge is 0.497 e. The molecule has 0 spiro atoms. The SMILES string of the molecule is COCCOc1cc(OC)ccc1-c1ncnc2c(C(=O)Nc3ccncn3)c[nH]c12. The highest BCUT2D eigenvalue weighted by Crippen LogP contribution is 2.35. The summed E-state index contributed by atoms with van der Waals surface area (Å²) in [6.45, 7) is 0.800. The maximum atomic E-state index is 12.8. The quantitative estimate of drug-likeness (QED) is 0.417. The number of hydrogen-bond donors (Lipinski definition) is 2. The van der Waals surface area contributed by atoms with Crippen molar-refractivity contribution in [1.29, 1.82) is 0 Å². The summed E-state index contributed by atoms with van der Waals surface area (Å²) in [4.78, 5) is 32.5. The average molecular weight is 420 g/mol. The number of nitrogens with zero attached hydrogens (tertiary/aromatic N) is 4. The molecule has 3 aromatic heterocycles. The van der Waals surface area contributed by atoms with Crippen molar-refractivity contribution in [3.63, 3.8) is 0 Å². The van der Waals surface area contributed by atoms with E-state index in [1.165, 1.54) is 12.7 Å². The molecule has 0 saturated heterocycles. The Bertz CT molecular complexity index is 1200. The molecule has 31 heavy (non-hydrogen) atoms. The van der Waals surface area contributed by atoms with E-state index in [4.69, 9.17) is 14.2 Å². The van der Waals surface area contributed by atoms with Crippen LogP contribution in [0.1, 0.15) is 10.4 Å². The molecule has 10 nitrogen and oxygen atoms in total. The van der Waals surface area contributed by atoms with Crippen LogP contribution in [-0.2, 0) is 4.74 Å². The molecule has 0 unspecified atom stereocenters. The zero-order valence-electron chi connectivity index (χ0n) is 17.0. The second-order valence-electron chi connectivity index (χ2n) is 6.40. The van der Waals surface area contributed by atoms with Crippen LogP contribution in [0.15, 0.2) is 49.3 Å². The predicted molar refractivity (Wildman–Crippen MR) is 113 cm³/mol. The Labute approximate surface area is 177 Å². The number of hydrogen-bond acceptors (Lipinski definition) is 8. The van der Waals surface area contributed by atoms with Gasteiger partial charge >= 0.3 is 0 Å². The van der Waals surface area contributed by atoms with Crippen LogP contribution in [0.3, 0.4) is 0 Å². The molecule has 1 aromatic carbocycles. The minimum absolute atomic E-state index is 0.346. The lowest BCUT2D eigenvalue weighted by Gasteiger charge is -2.13. The van der Waals surface area contributed by atoms with Crippen molar-refractivity contribution in [3.8, 4) is 22.8 Å². The summed E-state index contributed by atoms with van der Waals surface area (Å²) in [6, 6.07) is 7.06. The fraction of sp³-hybridized carbons (Fsp3) is 0.190. The minimum atomic E-state index is -0.346. The van der Waals surface area contributed by atoms with Crippen molar-refractivity contribution >= 4 is 22.8 Å². The van der Waals surface area contributed by atoms with Gasteiger partial charge in [-0.3, -0.25) is 4.79 Å². The molecule has 0 aliphatic carbocycles. The minimum Gasteiger partial charge on any atom is -0.497 e. The number of carbonyl (C=O) groups is 1. The number of fused-ring (bicyclic) bond motifs is 1. The normalized spacial score (nSPS) is 10.8. The number of carbonyl (C=O) groups excluding carboxylic acids is 1. The summed E-state index contributed by atoms with van der Waals surface area (Å²) >= 11 is 0. The Morgan fingerprint density at radius 3 is 2.77 bits per heavy atom. The first-order valence-electron chi connectivity index (χ1n) is 9.41. The third kappa shape index (κ3) is 4.28. The van der Waals surface area contributed by atoms with Crippen LogP contribution >= 0.6 is 0 Å². The van der Waals surface area contributed by atoms with Crippen molar-refractivity contribution < 1.29 is 19.0 Å². The monoisotopic (exact) mass is 420 g/mol. The van der Waals surface area contributed by atoms with Crippen LogP contribution < -0.4 is 14.8 Å². The van der Waals surface area contributed by atoms with Gasteiger partial charge in [0, 0.05) is 31.1 Å². The fourth-order valence-electron chi connectivity index (χ4n) is 3.04. The van der Waals surface area contributed by atoms with E-state index in [0.717, 1.165) is 5.56 Å². The van der Waals surface area contributed by atoms with Crippen LogP contribution in [0.2, 0.25) is 0 Å². The topological polar surface area (TPSA) is 124 Å². The van der Waals surface area contributed by atoms with Gasteiger partial charge in [-0.2, -0.15) is 0 Å². The van der Waals surface area contributed by atoms with Crippen LogP contribution in [0.4, 0.5) is 5.82 Å². The molecule has 2 N–H and O–H groups in total. The second-order valence-corrected chi connectivity index (χ2v) is 6.40. The highest BCUT2D eigenvalue weighted by molar-refractivity contribution is 6.12.